The van der Waals surface area contributed by atoms with Crippen LogP contribution in [0.1, 0.15) is 15.9 Å². The average molecular weight is 266 g/mol. The highest BCUT2D eigenvalue weighted by atomic mass is 16.3. The summed E-state index contributed by atoms with van der Waals surface area (Å²) in [5.41, 5.74) is 7.00. The summed E-state index contributed by atoms with van der Waals surface area (Å²) in [6.45, 7) is 0.311. The number of benzene rings is 2. The number of anilines is 1. The number of aromatic hydroxyl groups is 1. The van der Waals surface area contributed by atoms with Crippen molar-refractivity contribution in [2.75, 3.05) is 11.9 Å². The summed E-state index contributed by atoms with van der Waals surface area (Å²) in [5, 5.41) is 12.3. The molecule has 0 fully saturated rings. The van der Waals surface area contributed by atoms with Gasteiger partial charge in [0, 0.05) is 11.3 Å². The van der Waals surface area contributed by atoms with Crippen molar-refractivity contribution < 1.29 is 9.90 Å². The Morgan fingerprint density at radius 1 is 1.15 bits per heavy atom. The summed E-state index contributed by atoms with van der Waals surface area (Å²) in [4.78, 5) is 12.0. The molecule has 0 saturated heterocycles. The van der Waals surface area contributed by atoms with Crippen LogP contribution in [0.3, 0.4) is 0 Å². The van der Waals surface area contributed by atoms with Crippen LogP contribution in [0.5, 0.6) is 5.75 Å². The van der Waals surface area contributed by atoms with E-state index in [4.69, 9.17) is 5.73 Å². The number of para-hydroxylation sites is 1. The number of phenolic OH excluding ortho intramolecular Hbond substituents is 1. The van der Waals surface area contributed by atoms with Crippen LogP contribution in [0.2, 0.25) is 0 Å². The van der Waals surface area contributed by atoms with E-state index < -0.39 is 0 Å². The van der Waals surface area contributed by atoms with Gasteiger partial charge in [-0.15, -0.1) is 0 Å². The molecule has 4 N–H and O–H groups in total. The van der Waals surface area contributed by atoms with Crippen LogP contribution in [-0.4, -0.2) is 17.6 Å². The lowest BCUT2D eigenvalue weighted by atomic mass is 10.1. The molecular weight excluding hydrogens is 252 g/mol. The van der Waals surface area contributed by atoms with Gasteiger partial charge in [0.25, 0.3) is 5.91 Å². The fourth-order valence-electron chi connectivity index (χ4n) is 1.65. The maximum atomic E-state index is 12.0. The van der Waals surface area contributed by atoms with Gasteiger partial charge < -0.3 is 16.2 Å². The number of amides is 1. The van der Waals surface area contributed by atoms with Crippen molar-refractivity contribution in [3.63, 3.8) is 0 Å². The maximum Gasteiger partial charge on any atom is 0.259 e. The van der Waals surface area contributed by atoms with E-state index in [2.05, 4.69) is 17.2 Å². The number of rotatable bonds is 2. The number of hydrogen-bond donors (Lipinski definition) is 3. The van der Waals surface area contributed by atoms with E-state index in [1.165, 1.54) is 6.07 Å². The lowest BCUT2D eigenvalue weighted by molar-refractivity contribution is 0.102. The normalized spacial score (nSPS) is 9.45. The number of carbonyl (C=O) groups is 1. The molecule has 0 aliphatic rings. The van der Waals surface area contributed by atoms with Gasteiger partial charge in [-0.25, -0.2) is 0 Å². The third kappa shape index (κ3) is 3.37. The molecule has 1 amide bonds. The fourth-order valence-corrected chi connectivity index (χ4v) is 1.65. The zero-order chi connectivity index (χ0) is 14.4. The van der Waals surface area contributed by atoms with E-state index in [1.807, 2.05) is 0 Å². The summed E-state index contributed by atoms with van der Waals surface area (Å²) in [6.07, 6.45) is 0. The molecule has 0 aliphatic carbocycles. The molecule has 0 heterocycles. The molecule has 0 radical (unpaired) electrons. The lowest BCUT2D eigenvalue weighted by Gasteiger charge is -2.06. The minimum absolute atomic E-state index is 0.0459. The molecule has 0 aromatic heterocycles. The van der Waals surface area contributed by atoms with Crippen LogP contribution >= 0.6 is 0 Å². The van der Waals surface area contributed by atoms with Gasteiger partial charge in [-0.1, -0.05) is 24.0 Å². The molecule has 0 saturated carbocycles. The molecule has 4 nitrogen and oxygen atoms in total. The predicted octanol–water partition coefficient (Wildman–Crippen LogP) is 1.95. The predicted molar refractivity (Wildman–Crippen MR) is 78.4 cm³/mol. The summed E-state index contributed by atoms with van der Waals surface area (Å²) >= 11 is 0. The summed E-state index contributed by atoms with van der Waals surface area (Å²) < 4.78 is 0. The van der Waals surface area contributed by atoms with E-state index in [0.717, 1.165) is 5.56 Å². The van der Waals surface area contributed by atoms with Crippen molar-refractivity contribution in [3.8, 4) is 17.6 Å². The average Bonchev–Trinajstić information content (AvgIpc) is 2.47. The monoisotopic (exact) mass is 266 g/mol. The molecule has 0 unspecified atom stereocenters. The third-order valence-electron chi connectivity index (χ3n) is 2.63. The van der Waals surface area contributed by atoms with Crippen molar-refractivity contribution in [2.24, 2.45) is 5.73 Å². The number of nitrogens with one attached hydrogen (secondary N) is 1. The molecule has 0 aliphatic heterocycles. The first-order valence-electron chi connectivity index (χ1n) is 6.09. The largest absolute Gasteiger partial charge is 0.507 e. The first-order chi connectivity index (χ1) is 9.70. The highest BCUT2D eigenvalue weighted by Gasteiger charge is 2.09. The molecule has 20 heavy (non-hydrogen) atoms. The Morgan fingerprint density at radius 2 is 1.85 bits per heavy atom. The standard InChI is InChI=1S/C16H14N2O2/c17-11-3-4-12-7-9-13(10-8-12)18-16(20)14-5-1-2-6-15(14)19/h1-2,5-10,19H,11,17H2,(H,18,20). The van der Waals surface area contributed by atoms with Gasteiger partial charge in [-0.3, -0.25) is 4.79 Å². The van der Waals surface area contributed by atoms with E-state index in [0.29, 0.717) is 12.2 Å². The summed E-state index contributed by atoms with van der Waals surface area (Å²) in [7, 11) is 0. The Bertz CT molecular complexity index is 667. The molecule has 0 bridgehead atoms. The van der Waals surface area contributed by atoms with Gasteiger partial charge in [0.15, 0.2) is 0 Å². The first-order valence-corrected chi connectivity index (χ1v) is 6.09. The Labute approximate surface area is 117 Å². The van der Waals surface area contributed by atoms with Crippen molar-refractivity contribution in [3.05, 3.63) is 59.7 Å². The zero-order valence-corrected chi connectivity index (χ0v) is 10.8. The molecule has 2 aromatic carbocycles. The van der Waals surface area contributed by atoms with E-state index >= 15 is 0 Å². The Kier molecular flexibility index (Phi) is 4.38. The quantitative estimate of drug-likeness (QED) is 0.727. The van der Waals surface area contributed by atoms with E-state index in [1.54, 1.807) is 42.5 Å². The van der Waals surface area contributed by atoms with Crippen LogP contribution in [0.15, 0.2) is 48.5 Å². The van der Waals surface area contributed by atoms with Crippen LogP contribution in [0.25, 0.3) is 0 Å². The molecule has 0 spiro atoms. The smallest absolute Gasteiger partial charge is 0.259 e. The summed E-state index contributed by atoms with van der Waals surface area (Å²) in [5.74, 6) is 5.25. The van der Waals surface area contributed by atoms with Gasteiger partial charge in [-0.05, 0) is 36.4 Å². The van der Waals surface area contributed by atoms with Gasteiger partial charge in [0.1, 0.15) is 5.75 Å². The minimum Gasteiger partial charge on any atom is -0.507 e. The highest BCUT2D eigenvalue weighted by molar-refractivity contribution is 6.06. The van der Waals surface area contributed by atoms with Crippen molar-refractivity contribution in [2.45, 2.75) is 0 Å². The second-order valence-electron chi connectivity index (χ2n) is 4.05. The number of carbonyl (C=O) groups excluding carboxylic acids is 1. The number of nitrogens with two attached hydrogens (primary N) is 1. The zero-order valence-electron chi connectivity index (χ0n) is 10.8. The van der Waals surface area contributed by atoms with Crippen LogP contribution in [0.4, 0.5) is 5.69 Å². The van der Waals surface area contributed by atoms with Gasteiger partial charge in [0.05, 0.1) is 12.1 Å². The van der Waals surface area contributed by atoms with E-state index in [9.17, 15) is 9.90 Å². The Balaban J connectivity index is 2.11. The minimum atomic E-state index is -0.358. The second-order valence-corrected chi connectivity index (χ2v) is 4.05. The fraction of sp³-hybridized carbons (Fsp3) is 0.0625. The molecule has 100 valence electrons. The van der Waals surface area contributed by atoms with Crippen LogP contribution in [-0.2, 0) is 0 Å². The van der Waals surface area contributed by atoms with Gasteiger partial charge in [0.2, 0.25) is 0 Å². The van der Waals surface area contributed by atoms with Crippen molar-refractivity contribution in [1.82, 2.24) is 0 Å². The topological polar surface area (TPSA) is 75.3 Å². The van der Waals surface area contributed by atoms with Gasteiger partial charge in [-0.2, -0.15) is 0 Å². The molecule has 4 heteroatoms. The van der Waals surface area contributed by atoms with Gasteiger partial charge >= 0.3 is 0 Å². The van der Waals surface area contributed by atoms with Crippen LogP contribution in [0, 0.1) is 11.8 Å². The van der Waals surface area contributed by atoms with Crippen LogP contribution < -0.4 is 11.1 Å². The SMILES string of the molecule is NCC#Cc1ccc(NC(=O)c2ccccc2O)cc1. The molecule has 2 aromatic rings. The second kappa shape index (κ2) is 6.41. The van der Waals surface area contributed by atoms with E-state index in [-0.39, 0.29) is 17.2 Å². The lowest BCUT2D eigenvalue weighted by Crippen LogP contribution is -2.11. The summed E-state index contributed by atoms with van der Waals surface area (Å²) in [6, 6.07) is 13.5. The number of hydrogen-bond acceptors (Lipinski definition) is 3. The maximum absolute atomic E-state index is 12.0. The number of phenols is 1. The molecule has 2 rings (SSSR count). The van der Waals surface area contributed by atoms with Crippen molar-refractivity contribution >= 4 is 11.6 Å². The Hall–Kier alpha value is -2.77. The molecule has 0 atom stereocenters. The third-order valence-corrected chi connectivity index (χ3v) is 2.63. The Morgan fingerprint density at radius 3 is 2.50 bits per heavy atom. The first kappa shape index (κ1) is 13.7. The molecular formula is C16H14N2O2. The highest BCUT2D eigenvalue weighted by Crippen LogP contribution is 2.18. The van der Waals surface area contributed by atoms with Crippen molar-refractivity contribution in [1.29, 1.82) is 0 Å².